The van der Waals surface area contributed by atoms with Gasteiger partial charge >= 0.3 is 0 Å². The number of carbonyl (C=O) groups is 2. The van der Waals surface area contributed by atoms with Crippen molar-refractivity contribution in [3.63, 3.8) is 0 Å². The predicted octanol–water partition coefficient (Wildman–Crippen LogP) is 2.62. The van der Waals surface area contributed by atoms with Gasteiger partial charge in [-0.2, -0.15) is 5.26 Å². The minimum atomic E-state index is -0.519. The minimum absolute atomic E-state index is 0.0295. The predicted molar refractivity (Wildman–Crippen MR) is 81.7 cm³/mol. The maximum absolute atomic E-state index is 12.0. The number of anilines is 1. The van der Waals surface area contributed by atoms with Crippen LogP contribution in [-0.4, -0.2) is 17.2 Å². The highest BCUT2D eigenvalue weighted by molar-refractivity contribution is 6.07. The molecule has 1 rings (SSSR count). The van der Waals surface area contributed by atoms with Crippen molar-refractivity contribution in [2.24, 2.45) is 0 Å². The zero-order valence-electron chi connectivity index (χ0n) is 12.7. The van der Waals surface area contributed by atoms with Crippen LogP contribution in [-0.2, 0) is 4.79 Å². The molecule has 0 atom stereocenters. The quantitative estimate of drug-likeness (QED) is 0.506. The van der Waals surface area contributed by atoms with Gasteiger partial charge in [0.2, 0.25) is 0 Å². The van der Waals surface area contributed by atoms with Crippen LogP contribution >= 0.6 is 0 Å². The molecule has 1 amide bonds. The summed E-state index contributed by atoms with van der Waals surface area (Å²) in [6.45, 7) is 7.22. The van der Waals surface area contributed by atoms with Crippen LogP contribution in [0.25, 0.3) is 0 Å². The third-order valence-corrected chi connectivity index (χ3v) is 2.54. The number of hydrogen-bond acceptors (Lipinski definition) is 4. The van der Waals surface area contributed by atoms with Gasteiger partial charge < -0.3 is 10.6 Å². The molecular weight excluding hydrogens is 266 g/mol. The SMILES string of the molecule is CC(=O)c1cccc(NC(=O)/C(C#N)=C\NC(C)(C)C)c1. The maximum atomic E-state index is 12.0. The summed E-state index contributed by atoms with van der Waals surface area (Å²) < 4.78 is 0. The molecule has 0 aliphatic carbocycles. The lowest BCUT2D eigenvalue weighted by Crippen LogP contribution is -2.32. The molecule has 0 bridgehead atoms. The number of nitrogens with zero attached hydrogens (tertiary/aromatic N) is 1. The zero-order valence-corrected chi connectivity index (χ0v) is 12.7. The standard InChI is InChI=1S/C16H19N3O2/c1-11(20)12-6-5-7-14(8-12)19-15(21)13(9-17)10-18-16(2,3)4/h5-8,10,18H,1-4H3,(H,19,21)/b13-10-. The Morgan fingerprint density at radius 2 is 1.95 bits per heavy atom. The van der Waals surface area contributed by atoms with Gasteiger partial charge in [-0.15, -0.1) is 0 Å². The van der Waals surface area contributed by atoms with Crippen LogP contribution in [0.5, 0.6) is 0 Å². The van der Waals surface area contributed by atoms with Gasteiger partial charge in [0.1, 0.15) is 11.6 Å². The molecule has 5 heteroatoms. The Morgan fingerprint density at radius 1 is 1.29 bits per heavy atom. The molecule has 0 aromatic heterocycles. The van der Waals surface area contributed by atoms with E-state index in [0.717, 1.165) is 0 Å². The van der Waals surface area contributed by atoms with Crippen molar-refractivity contribution in [3.05, 3.63) is 41.6 Å². The monoisotopic (exact) mass is 285 g/mol. The average molecular weight is 285 g/mol. The summed E-state index contributed by atoms with van der Waals surface area (Å²) in [5.41, 5.74) is 0.711. The third kappa shape index (κ3) is 5.49. The molecule has 0 heterocycles. The van der Waals surface area contributed by atoms with E-state index in [0.29, 0.717) is 11.3 Å². The Balaban J connectivity index is 2.87. The smallest absolute Gasteiger partial charge is 0.267 e. The van der Waals surface area contributed by atoms with E-state index >= 15 is 0 Å². The lowest BCUT2D eigenvalue weighted by atomic mass is 10.1. The van der Waals surface area contributed by atoms with E-state index in [-0.39, 0.29) is 16.9 Å². The zero-order chi connectivity index (χ0) is 16.0. The van der Waals surface area contributed by atoms with E-state index in [4.69, 9.17) is 5.26 Å². The number of nitrogens with one attached hydrogen (secondary N) is 2. The molecule has 0 spiro atoms. The molecule has 0 unspecified atom stereocenters. The Bertz CT molecular complexity index is 619. The third-order valence-electron chi connectivity index (χ3n) is 2.54. The van der Waals surface area contributed by atoms with Gasteiger partial charge in [-0.3, -0.25) is 9.59 Å². The lowest BCUT2D eigenvalue weighted by Gasteiger charge is -2.18. The van der Waals surface area contributed by atoms with Gasteiger partial charge in [-0.05, 0) is 39.8 Å². The van der Waals surface area contributed by atoms with Crippen molar-refractivity contribution in [1.82, 2.24) is 5.32 Å². The highest BCUT2D eigenvalue weighted by Gasteiger charge is 2.12. The maximum Gasteiger partial charge on any atom is 0.267 e. The first-order valence-corrected chi connectivity index (χ1v) is 6.53. The van der Waals surface area contributed by atoms with Crippen LogP contribution in [0.3, 0.4) is 0 Å². The average Bonchev–Trinajstić information content (AvgIpc) is 2.38. The molecule has 2 N–H and O–H groups in total. The van der Waals surface area contributed by atoms with Gasteiger partial charge in [0.15, 0.2) is 5.78 Å². The molecule has 21 heavy (non-hydrogen) atoms. The molecule has 1 aromatic carbocycles. The molecule has 5 nitrogen and oxygen atoms in total. The summed E-state index contributed by atoms with van der Waals surface area (Å²) >= 11 is 0. The molecular formula is C16H19N3O2. The lowest BCUT2D eigenvalue weighted by molar-refractivity contribution is -0.112. The molecule has 0 aliphatic rings. The van der Waals surface area contributed by atoms with Crippen LogP contribution in [0.1, 0.15) is 38.1 Å². The van der Waals surface area contributed by atoms with Crippen molar-refractivity contribution in [2.45, 2.75) is 33.2 Å². The van der Waals surface area contributed by atoms with Gasteiger partial charge in [-0.25, -0.2) is 0 Å². The highest BCUT2D eigenvalue weighted by atomic mass is 16.1. The summed E-state index contributed by atoms with van der Waals surface area (Å²) in [6.07, 6.45) is 1.39. The van der Waals surface area contributed by atoms with Crippen LogP contribution < -0.4 is 10.6 Å². The molecule has 1 aromatic rings. The van der Waals surface area contributed by atoms with Crippen molar-refractivity contribution >= 4 is 17.4 Å². The summed E-state index contributed by atoms with van der Waals surface area (Å²) in [5.74, 6) is -0.605. The number of hydrogen-bond donors (Lipinski definition) is 2. The van der Waals surface area contributed by atoms with Gasteiger partial charge in [0, 0.05) is 23.0 Å². The molecule has 0 saturated heterocycles. The van der Waals surface area contributed by atoms with E-state index < -0.39 is 5.91 Å². The number of carbonyl (C=O) groups excluding carboxylic acids is 2. The Morgan fingerprint density at radius 3 is 2.48 bits per heavy atom. The van der Waals surface area contributed by atoms with E-state index in [2.05, 4.69) is 10.6 Å². The number of benzene rings is 1. The minimum Gasteiger partial charge on any atom is -0.385 e. The molecule has 0 saturated carbocycles. The van der Waals surface area contributed by atoms with Crippen molar-refractivity contribution < 1.29 is 9.59 Å². The highest BCUT2D eigenvalue weighted by Crippen LogP contribution is 2.12. The Kier molecular flexibility index (Phi) is 5.25. The molecule has 0 fully saturated rings. The molecule has 110 valence electrons. The number of ketones is 1. The fraction of sp³-hybridized carbons (Fsp3) is 0.312. The number of rotatable bonds is 4. The van der Waals surface area contributed by atoms with E-state index in [1.807, 2.05) is 26.8 Å². The topological polar surface area (TPSA) is 82.0 Å². The van der Waals surface area contributed by atoms with Crippen molar-refractivity contribution in [1.29, 1.82) is 5.26 Å². The first kappa shape index (κ1) is 16.4. The van der Waals surface area contributed by atoms with E-state index in [1.54, 1.807) is 24.3 Å². The van der Waals surface area contributed by atoms with Crippen molar-refractivity contribution in [3.8, 4) is 6.07 Å². The molecule has 0 aliphatic heterocycles. The summed E-state index contributed by atoms with van der Waals surface area (Å²) in [7, 11) is 0. The van der Waals surface area contributed by atoms with Crippen LogP contribution in [0, 0.1) is 11.3 Å². The van der Waals surface area contributed by atoms with Gasteiger partial charge in [-0.1, -0.05) is 12.1 Å². The summed E-state index contributed by atoms with van der Waals surface area (Å²) in [4.78, 5) is 23.3. The Hall–Kier alpha value is -2.61. The van der Waals surface area contributed by atoms with E-state index in [1.165, 1.54) is 13.1 Å². The number of nitriles is 1. The fourth-order valence-electron chi connectivity index (χ4n) is 1.45. The second-order valence-electron chi connectivity index (χ2n) is 5.66. The van der Waals surface area contributed by atoms with Crippen LogP contribution in [0.4, 0.5) is 5.69 Å². The van der Waals surface area contributed by atoms with Crippen LogP contribution in [0.15, 0.2) is 36.0 Å². The Labute approximate surface area is 124 Å². The first-order valence-electron chi connectivity index (χ1n) is 6.53. The number of Topliss-reactive ketones (excluding diaryl/α,β-unsaturated/α-hetero) is 1. The second-order valence-corrected chi connectivity index (χ2v) is 5.66. The van der Waals surface area contributed by atoms with Gasteiger partial charge in [0.25, 0.3) is 5.91 Å². The first-order chi connectivity index (χ1) is 9.73. The summed E-state index contributed by atoms with van der Waals surface area (Å²) in [6, 6.07) is 8.43. The van der Waals surface area contributed by atoms with Crippen molar-refractivity contribution in [2.75, 3.05) is 5.32 Å². The number of amides is 1. The summed E-state index contributed by atoms with van der Waals surface area (Å²) in [5, 5.41) is 14.6. The normalized spacial score (nSPS) is 11.5. The second kappa shape index (κ2) is 6.71. The fourth-order valence-corrected chi connectivity index (χ4v) is 1.45. The largest absolute Gasteiger partial charge is 0.385 e. The molecule has 0 radical (unpaired) electrons. The van der Waals surface area contributed by atoms with Gasteiger partial charge in [0.05, 0.1) is 0 Å². The van der Waals surface area contributed by atoms with Crippen LogP contribution in [0.2, 0.25) is 0 Å². The van der Waals surface area contributed by atoms with E-state index in [9.17, 15) is 9.59 Å².